The molecule has 1 fully saturated rings. The number of nitrogens with two attached hydrogens (primary N) is 1. The quantitative estimate of drug-likeness (QED) is 0.771. The highest BCUT2D eigenvalue weighted by atomic mass is 16.5. The number of amides is 2. The average Bonchev–Trinajstić information content (AvgIpc) is 2.84. The predicted octanol–water partition coefficient (Wildman–Crippen LogP) is 0.978. The zero-order valence-electron chi connectivity index (χ0n) is 11.4. The molecule has 2 N–H and O–H groups in total. The van der Waals surface area contributed by atoms with Crippen molar-refractivity contribution < 1.29 is 14.3 Å². The maximum Gasteiger partial charge on any atom is 0.240 e. The SMILES string of the molecule is CO[C@H]1C[C@@H](C(N)=O)N(C(=O)CC2=CCCCC2)C1. The monoisotopic (exact) mass is 266 g/mol. The van der Waals surface area contributed by atoms with Crippen molar-refractivity contribution in [3.8, 4) is 0 Å². The van der Waals surface area contributed by atoms with Gasteiger partial charge in [0, 0.05) is 26.5 Å². The van der Waals surface area contributed by atoms with E-state index in [1.54, 1.807) is 12.0 Å². The lowest BCUT2D eigenvalue weighted by atomic mass is 9.97. The number of hydrogen-bond acceptors (Lipinski definition) is 3. The highest BCUT2D eigenvalue weighted by Gasteiger charge is 2.38. The molecule has 19 heavy (non-hydrogen) atoms. The van der Waals surface area contributed by atoms with Gasteiger partial charge in [0.25, 0.3) is 0 Å². The van der Waals surface area contributed by atoms with Gasteiger partial charge in [0.05, 0.1) is 6.10 Å². The van der Waals surface area contributed by atoms with Gasteiger partial charge < -0.3 is 15.4 Å². The molecule has 106 valence electrons. The smallest absolute Gasteiger partial charge is 0.240 e. The highest BCUT2D eigenvalue weighted by molar-refractivity contribution is 5.88. The van der Waals surface area contributed by atoms with Crippen LogP contribution in [-0.4, -0.2) is 42.5 Å². The van der Waals surface area contributed by atoms with Crippen molar-refractivity contribution in [3.05, 3.63) is 11.6 Å². The molecule has 1 aliphatic carbocycles. The molecule has 5 nitrogen and oxygen atoms in total. The van der Waals surface area contributed by atoms with E-state index in [0.29, 0.717) is 19.4 Å². The molecule has 0 bridgehead atoms. The molecule has 1 heterocycles. The van der Waals surface area contributed by atoms with Crippen molar-refractivity contribution in [2.45, 2.75) is 50.7 Å². The summed E-state index contributed by atoms with van der Waals surface area (Å²) in [5.41, 5.74) is 6.57. The molecule has 0 saturated carbocycles. The largest absolute Gasteiger partial charge is 0.380 e. The number of ether oxygens (including phenoxy) is 1. The van der Waals surface area contributed by atoms with Crippen molar-refractivity contribution in [2.24, 2.45) is 5.73 Å². The molecule has 0 aromatic heterocycles. The second-order valence-corrected chi connectivity index (χ2v) is 5.34. The maximum atomic E-state index is 12.3. The van der Waals surface area contributed by atoms with Crippen LogP contribution in [0.1, 0.15) is 38.5 Å². The van der Waals surface area contributed by atoms with Crippen LogP contribution in [-0.2, 0) is 14.3 Å². The maximum absolute atomic E-state index is 12.3. The Kier molecular flexibility index (Phi) is 4.58. The number of allylic oxidation sites excluding steroid dienone is 1. The van der Waals surface area contributed by atoms with Crippen LogP contribution >= 0.6 is 0 Å². The average molecular weight is 266 g/mol. The first-order valence-corrected chi connectivity index (χ1v) is 6.91. The molecule has 0 aromatic carbocycles. The minimum atomic E-state index is -0.512. The number of hydrogen-bond donors (Lipinski definition) is 1. The fourth-order valence-electron chi connectivity index (χ4n) is 2.87. The second kappa shape index (κ2) is 6.19. The third kappa shape index (κ3) is 3.35. The highest BCUT2D eigenvalue weighted by Crippen LogP contribution is 2.25. The molecular weight excluding hydrogens is 244 g/mol. The van der Waals surface area contributed by atoms with E-state index in [-0.39, 0.29) is 12.0 Å². The van der Waals surface area contributed by atoms with Crippen molar-refractivity contribution >= 4 is 11.8 Å². The first-order valence-electron chi connectivity index (χ1n) is 6.91. The molecule has 2 aliphatic rings. The molecule has 1 saturated heterocycles. The van der Waals surface area contributed by atoms with Crippen LogP contribution in [0.25, 0.3) is 0 Å². The summed E-state index contributed by atoms with van der Waals surface area (Å²) in [5, 5.41) is 0. The first-order chi connectivity index (χ1) is 9.11. The topological polar surface area (TPSA) is 72.6 Å². The minimum Gasteiger partial charge on any atom is -0.380 e. The van der Waals surface area contributed by atoms with E-state index in [4.69, 9.17) is 10.5 Å². The summed E-state index contributed by atoms with van der Waals surface area (Å²) in [5.74, 6) is -0.443. The van der Waals surface area contributed by atoms with Crippen molar-refractivity contribution in [1.29, 1.82) is 0 Å². The van der Waals surface area contributed by atoms with Gasteiger partial charge in [0.15, 0.2) is 0 Å². The van der Waals surface area contributed by atoms with E-state index in [0.717, 1.165) is 19.3 Å². The Bertz CT molecular complexity index is 392. The lowest BCUT2D eigenvalue weighted by molar-refractivity contribution is -0.136. The summed E-state index contributed by atoms with van der Waals surface area (Å²) in [4.78, 5) is 25.3. The molecule has 2 atom stereocenters. The molecule has 0 spiro atoms. The number of carbonyl (C=O) groups is 2. The Morgan fingerprint density at radius 2 is 2.26 bits per heavy atom. The Morgan fingerprint density at radius 3 is 2.84 bits per heavy atom. The van der Waals surface area contributed by atoms with Crippen LogP contribution in [0.15, 0.2) is 11.6 Å². The Hall–Kier alpha value is -1.36. The molecular formula is C14H22N2O3. The van der Waals surface area contributed by atoms with Crippen LogP contribution in [0.2, 0.25) is 0 Å². The standard InChI is InChI=1S/C14H22N2O3/c1-19-11-8-12(14(15)18)16(9-11)13(17)7-10-5-3-2-4-6-10/h5,11-12H,2-4,6-9H2,1H3,(H2,15,18)/t11-,12-/m0/s1. The molecule has 2 amide bonds. The van der Waals surface area contributed by atoms with Gasteiger partial charge in [0.2, 0.25) is 11.8 Å². The lowest BCUT2D eigenvalue weighted by Crippen LogP contribution is -2.43. The van der Waals surface area contributed by atoms with Gasteiger partial charge in [-0.05, 0) is 25.7 Å². The number of likely N-dealkylation sites (tertiary alicyclic amines) is 1. The van der Waals surface area contributed by atoms with Gasteiger partial charge >= 0.3 is 0 Å². The molecule has 0 unspecified atom stereocenters. The van der Waals surface area contributed by atoms with Crippen LogP contribution in [0.4, 0.5) is 0 Å². The molecule has 0 aromatic rings. The Labute approximate surface area is 113 Å². The molecule has 1 aliphatic heterocycles. The minimum absolute atomic E-state index is 0.00324. The summed E-state index contributed by atoms with van der Waals surface area (Å²) < 4.78 is 5.25. The summed E-state index contributed by atoms with van der Waals surface area (Å²) in [6.07, 6.45) is 7.41. The summed E-state index contributed by atoms with van der Waals surface area (Å²) in [6, 6.07) is -0.512. The van der Waals surface area contributed by atoms with Crippen LogP contribution in [0.5, 0.6) is 0 Å². The van der Waals surface area contributed by atoms with E-state index >= 15 is 0 Å². The number of rotatable bonds is 4. The number of carbonyl (C=O) groups excluding carboxylic acids is 2. The summed E-state index contributed by atoms with van der Waals surface area (Å²) in [6.45, 7) is 0.468. The number of methoxy groups -OCH3 is 1. The molecule has 0 radical (unpaired) electrons. The van der Waals surface area contributed by atoms with E-state index in [9.17, 15) is 9.59 Å². The molecule has 5 heteroatoms. The third-order valence-corrected chi connectivity index (χ3v) is 4.01. The van der Waals surface area contributed by atoms with Gasteiger partial charge in [-0.1, -0.05) is 11.6 Å². The van der Waals surface area contributed by atoms with Crippen LogP contribution in [0.3, 0.4) is 0 Å². The zero-order chi connectivity index (χ0) is 13.8. The van der Waals surface area contributed by atoms with E-state index in [1.807, 2.05) is 0 Å². The van der Waals surface area contributed by atoms with Crippen molar-refractivity contribution in [3.63, 3.8) is 0 Å². The third-order valence-electron chi connectivity index (χ3n) is 4.01. The summed E-state index contributed by atoms with van der Waals surface area (Å²) in [7, 11) is 1.60. The normalized spacial score (nSPS) is 27.2. The van der Waals surface area contributed by atoms with Gasteiger partial charge in [-0.3, -0.25) is 9.59 Å². The van der Waals surface area contributed by atoms with Gasteiger partial charge in [-0.15, -0.1) is 0 Å². The number of primary amides is 1. The van der Waals surface area contributed by atoms with Crippen molar-refractivity contribution in [1.82, 2.24) is 4.90 Å². The number of nitrogens with zero attached hydrogens (tertiary/aromatic N) is 1. The van der Waals surface area contributed by atoms with E-state index < -0.39 is 11.9 Å². The lowest BCUT2D eigenvalue weighted by Gasteiger charge is -2.23. The predicted molar refractivity (Wildman–Crippen MR) is 71.3 cm³/mol. The van der Waals surface area contributed by atoms with Gasteiger partial charge in [-0.25, -0.2) is 0 Å². The van der Waals surface area contributed by atoms with Crippen LogP contribution in [0, 0.1) is 0 Å². The zero-order valence-corrected chi connectivity index (χ0v) is 11.4. The Morgan fingerprint density at radius 1 is 1.47 bits per heavy atom. The van der Waals surface area contributed by atoms with Gasteiger partial charge in [-0.2, -0.15) is 0 Å². The van der Waals surface area contributed by atoms with E-state index in [1.165, 1.54) is 12.0 Å². The first kappa shape index (κ1) is 14.1. The molecule has 2 rings (SSSR count). The van der Waals surface area contributed by atoms with Gasteiger partial charge in [0.1, 0.15) is 6.04 Å². The fraction of sp³-hybridized carbons (Fsp3) is 0.714. The fourth-order valence-corrected chi connectivity index (χ4v) is 2.87. The van der Waals surface area contributed by atoms with Crippen molar-refractivity contribution in [2.75, 3.05) is 13.7 Å². The summed E-state index contributed by atoms with van der Waals surface area (Å²) >= 11 is 0. The second-order valence-electron chi connectivity index (χ2n) is 5.34. The van der Waals surface area contributed by atoms with E-state index in [2.05, 4.69) is 6.08 Å². The van der Waals surface area contributed by atoms with Crippen LogP contribution < -0.4 is 5.73 Å². The Balaban J connectivity index is 2.00.